The minimum Gasteiger partial charge on any atom is -0.493 e. The van der Waals surface area contributed by atoms with Gasteiger partial charge in [0.2, 0.25) is 0 Å². The zero-order chi connectivity index (χ0) is 22.7. The number of hydrogen-bond acceptors (Lipinski definition) is 5. The topological polar surface area (TPSA) is 77.8 Å². The van der Waals surface area contributed by atoms with Gasteiger partial charge in [0.25, 0.3) is 5.91 Å². The maximum atomic E-state index is 12.9. The van der Waals surface area contributed by atoms with E-state index in [2.05, 4.69) is 53.5 Å². The normalized spacial score (nSPS) is 11.0. The van der Waals surface area contributed by atoms with Crippen molar-refractivity contribution >= 4 is 11.6 Å². The molecule has 1 N–H and O–H groups in total. The fourth-order valence-corrected chi connectivity index (χ4v) is 3.58. The average molecular weight is 431 g/mol. The smallest absolute Gasteiger partial charge is 0.257 e. The zero-order valence-electron chi connectivity index (χ0n) is 18.6. The summed E-state index contributed by atoms with van der Waals surface area (Å²) in [5.74, 6) is 1.48. The molecule has 4 aromatic rings. The largest absolute Gasteiger partial charge is 0.493 e. The van der Waals surface area contributed by atoms with E-state index in [9.17, 15) is 4.79 Å². The lowest BCUT2D eigenvalue weighted by atomic mass is 10.0. The van der Waals surface area contributed by atoms with Crippen molar-refractivity contribution in [3.8, 4) is 22.8 Å². The van der Waals surface area contributed by atoms with Crippen LogP contribution in [0.3, 0.4) is 0 Å². The summed E-state index contributed by atoms with van der Waals surface area (Å²) >= 11 is 0. The predicted octanol–water partition coefficient (Wildman–Crippen LogP) is 4.47. The maximum Gasteiger partial charge on any atom is 0.257 e. The van der Waals surface area contributed by atoms with Crippen molar-refractivity contribution in [2.24, 2.45) is 0 Å². The average Bonchev–Trinajstić information content (AvgIpc) is 3.26. The molecule has 7 heteroatoms. The van der Waals surface area contributed by atoms with Crippen molar-refractivity contribution < 1.29 is 14.3 Å². The molecule has 0 aliphatic heterocycles. The molecule has 2 aromatic heterocycles. The molecule has 0 unspecified atom stereocenters. The van der Waals surface area contributed by atoms with E-state index in [1.807, 2.05) is 24.3 Å². The van der Waals surface area contributed by atoms with Crippen LogP contribution in [-0.2, 0) is 6.54 Å². The summed E-state index contributed by atoms with van der Waals surface area (Å²) in [6, 6.07) is 15.8. The second-order valence-corrected chi connectivity index (χ2v) is 7.77. The molecule has 0 saturated carbocycles. The molecule has 164 valence electrons. The van der Waals surface area contributed by atoms with Gasteiger partial charge in [0.1, 0.15) is 5.56 Å². The summed E-state index contributed by atoms with van der Waals surface area (Å²) in [6.45, 7) is 4.67. The first-order valence-electron chi connectivity index (χ1n) is 10.4. The molecule has 0 aliphatic rings. The molecular weight excluding hydrogens is 404 g/mol. The molecule has 1 amide bonds. The highest BCUT2D eigenvalue weighted by Crippen LogP contribution is 2.27. The van der Waals surface area contributed by atoms with Crippen LogP contribution < -0.4 is 14.8 Å². The van der Waals surface area contributed by atoms with E-state index in [0.29, 0.717) is 35.2 Å². The quantitative estimate of drug-likeness (QED) is 0.468. The number of ether oxygens (including phenoxy) is 2. The van der Waals surface area contributed by atoms with Crippen LogP contribution in [0.1, 0.15) is 41.3 Å². The lowest BCUT2D eigenvalue weighted by molar-refractivity contribution is 0.0952. The number of benzene rings is 2. The van der Waals surface area contributed by atoms with E-state index in [1.54, 1.807) is 31.1 Å². The molecule has 32 heavy (non-hydrogen) atoms. The van der Waals surface area contributed by atoms with Gasteiger partial charge in [-0.05, 0) is 35.2 Å². The third kappa shape index (κ3) is 4.14. The van der Waals surface area contributed by atoms with Crippen molar-refractivity contribution in [1.82, 2.24) is 19.9 Å². The molecule has 2 heterocycles. The Kier molecular flexibility index (Phi) is 6.07. The second kappa shape index (κ2) is 9.09. The number of methoxy groups -OCH3 is 2. The van der Waals surface area contributed by atoms with E-state index in [0.717, 1.165) is 16.8 Å². The highest BCUT2D eigenvalue weighted by atomic mass is 16.5. The van der Waals surface area contributed by atoms with Crippen LogP contribution in [0.25, 0.3) is 16.9 Å². The minimum absolute atomic E-state index is 0.241. The second-order valence-electron chi connectivity index (χ2n) is 7.77. The Morgan fingerprint density at radius 2 is 1.78 bits per heavy atom. The molecule has 0 aliphatic carbocycles. The van der Waals surface area contributed by atoms with Gasteiger partial charge >= 0.3 is 0 Å². The number of rotatable bonds is 7. The molecular formula is C25H26N4O3. The summed E-state index contributed by atoms with van der Waals surface area (Å²) in [5.41, 5.74) is 5.00. The summed E-state index contributed by atoms with van der Waals surface area (Å²) in [6.07, 6.45) is 3.26. The molecule has 0 bridgehead atoms. The van der Waals surface area contributed by atoms with Gasteiger partial charge in [0, 0.05) is 18.3 Å². The third-order valence-electron chi connectivity index (χ3n) is 5.42. The predicted molar refractivity (Wildman–Crippen MR) is 123 cm³/mol. The van der Waals surface area contributed by atoms with Crippen LogP contribution in [0.5, 0.6) is 11.5 Å². The van der Waals surface area contributed by atoms with Crippen molar-refractivity contribution in [1.29, 1.82) is 0 Å². The molecule has 0 atom stereocenters. The Morgan fingerprint density at radius 1 is 1.03 bits per heavy atom. The molecule has 4 rings (SSSR count). The SMILES string of the molecule is COc1ccc(CNC(=O)c2cnn3c(-c4ccc(C(C)C)cc4)ccnc23)cc1OC. The number of carbonyl (C=O) groups is 1. The van der Waals surface area contributed by atoms with E-state index in [-0.39, 0.29) is 5.91 Å². The van der Waals surface area contributed by atoms with Gasteiger partial charge in [-0.15, -0.1) is 0 Å². The first-order valence-corrected chi connectivity index (χ1v) is 10.4. The third-order valence-corrected chi connectivity index (χ3v) is 5.42. The first-order chi connectivity index (χ1) is 15.5. The Bertz CT molecular complexity index is 1250. The van der Waals surface area contributed by atoms with Crippen LogP contribution in [0.4, 0.5) is 0 Å². The van der Waals surface area contributed by atoms with Crippen molar-refractivity contribution in [3.63, 3.8) is 0 Å². The summed E-state index contributed by atoms with van der Waals surface area (Å²) in [4.78, 5) is 17.3. The van der Waals surface area contributed by atoms with E-state index < -0.39 is 0 Å². The Hall–Kier alpha value is -3.87. The van der Waals surface area contributed by atoms with E-state index in [4.69, 9.17) is 9.47 Å². The van der Waals surface area contributed by atoms with Crippen molar-refractivity contribution in [2.75, 3.05) is 14.2 Å². The first kappa shape index (κ1) is 21.4. The Labute approximate surface area is 187 Å². The number of hydrogen-bond donors (Lipinski definition) is 1. The highest BCUT2D eigenvalue weighted by molar-refractivity contribution is 5.99. The molecule has 0 spiro atoms. The van der Waals surface area contributed by atoms with Crippen LogP contribution in [-0.4, -0.2) is 34.7 Å². The Morgan fingerprint density at radius 3 is 2.47 bits per heavy atom. The van der Waals surface area contributed by atoms with Gasteiger partial charge in [-0.25, -0.2) is 9.50 Å². The van der Waals surface area contributed by atoms with Crippen LogP contribution in [0.15, 0.2) is 60.9 Å². The van der Waals surface area contributed by atoms with Crippen molar-refractivity contribution in [2.45, 2.75) is 26.3 Å². The van der Waals surface area contributed by atoms with Gasteiger partial charge in [0.05, 0.1) is 26.1 Å². The van der Waals surface area contributed by atoms with Gasteiger partial charge in [-0.2, -0.15) is 5.10 Å². The lowest BCUT2D eigenvalue weighted by Crippen LogP contribution is -2.22. The van der Waals surface area contributed by atoms with E-state index >= 15 is 0 Å². The maximum absolute atomic E-state index is 12.9. The fraction of sp³-hybridized carbons (Fsp3) is 0.240. The Balaban J connectivity index is 1.56. The minimum atomic E-state index is -0.241. The van der Waals surface area contributed by atoms with Crippen LogP contribution in [0.2, 0.25) is 0 Å². The summed E-state index contributed by atoms with van der Waals surface area (Å²) < 4.78 is 12.3. The number of nitrogens with zero attached hydrogens (tertiary/aromatic N) is 3. The molecule has 0 saturated heterocycles. The monoisotopic (exact) mass is 430 g/mol. The number of nitrogens with one attached hydrogen (secondary N) is 1. The zero-order valence-corrected chi connectivity index (χ0v) is 18.6. The van der Waals surface area contributed by atoms with Crippen LogP contribution in [0, 0.1) is 0 Å². The van der Waals surface area contributed by atoms with Gasteiger partial charge in [0.15, 0.2) is 17.1 Å². The summed E-state index contributed by atoms with van der Waals surface area (Å²) in [5, 5.41) is 7.37. The standard InChI is InChI=1S/C25H26N4O3/c1-16(2)18-6-8-19(9-7-18)21-11-12-26-24-20(15-28-29(21)24)25(30)27-14-17-5-10-22(31-3)23(13-17)32-4/h5-13,15-16H,14H2,1-4H3,(H,27,30). The number of carbonyl (C=O) groups excluding carboxylic acids is 1. The van der Waals surface area contributed by atoms with Gasteiger partial charge < -0.3 is 14.8 Å². The lowest BCUT2D eigenvalue weighted by Gasteiger charge is -2.10. The van der Waals surface area contributed by atoms with Gasteiger partial charge in [-0.1, -0.05) is 44.2 Å². The fourth-order valence-electron chi connectivity index (χ4n) is 3.58. The number of fused-ring (bicyclic) bond motifs is 1. The summed E-state index contributed by atoms with van der Waals surface area (Å²) in [7, 11) is 3.17. The number of aromatic nitrogens is 3. The molecule has 0 radical (unpaired) electrons. The van der Waals surface area contributed by atoms with Gasteiger partial charge in [-0.3, -0.25) is 4.79 Å². The van der Waals surface area contributed by atoms with E-state index in [1.165, 1.54) is 5.56 Å². The molecule has 7 nitrogen and oxygen atoms in total. The van der Waals surface area contributed by atoms with Crippen molar-refractivity contribution in [3.05, 3.63) is 77.6 Å². The number of amides is 1. The molecule has 0 fully saturated rings. The molecule has 2 aromatic carbocycles. The van der Waals surface area contributed by atoms with Crippen LogP contribution >= 0.6 is 0 Å². The highest BCUT2D eigenvalue weighted by Gasteiger charge is 2.16.